The van der Waals surface area contributed by atoms with Gasteiger partial charge in [0, 0.05) is 6.54 Å². The minimum absolute atomic E-state index is 0.583. The molecule has 23 heavy (non-hydrogen) atoms. The number of allylic oxidation sites excluding steroid dienone is 6. The van der Waals surface area contributed by atoms with Gasteiger partial charge in [0.05, 0.1) is 0 Å². The predicted octanol–water partition coefficient (Wildman–Crippen LogP) is 3.67. The fourth-order valence-corrected chi connectivity index (χ4v) is 5.14. The SMILES string of the molecule is C1=CC2C3C=CC(C3)C2C1.C=CCN.NCC1CC2C=CC1C2. The van der Waals surface area contributed by atoms with Gasteiger partial charge in [-0.15, -0.1) is 6.58 Å². The first-order chi connectivity index (χ1) is 11.3. The van der Waals surface area contributed by atoms with Crippen molar-refractivity contribution in [2.24, 2.45) is 52.9 Å². The Morgan fingerprint density at radius 3 is 2.17 bits per heavy atom. The van der Waals surface area contributed by atoms with E-state index in [4.69, 9.17) is 11.5 Å². The van der Waals surface area contributed by atoms with Gasteiger partial charge in [0.2, 0.25) is 0 Å². The summed E-state index contributed by atoms with van der Waals surface area (Å²) in [5.41, 5.74) is 10.5. The number of hydrogen-bond donors (Lipinski definition) is 2. The standard InChI is InChI=1S/C10H12.C8H13N.C3H7N/c1-2-9-7-4-5-8(6-7)10(9)3-1;9-5-8-4-6-1-2-7(8)3-6;1-2-3-4/h1-2,4-5,7-10H,3,6H2;1-2,6-8H,3-5,9H2;2H,1,3-4H2. The van der Waals surface area contributed by atoms with E-state index in [0.717, 1.165) is 48.0 Å². The third kappa shape index (κ3) is 3.54. The molecule has 2 heteroatoms. The molecule has 5 aliphatic rings. The average Bonchev–Trinajstić information content (AvgIpc) is 3.39. The number of rotatable bonds is 2. The predicted molar refractivity (Wildman–Crippen MR) is 98.6 cm³/mol. The van der Waals surface area contributed by atoms with Gasteiger partial charge in [-0.2, -0.15) is 0 Å². The monoisotopic (exact) mass is 312 g/mol. The molecule has 0 amide bonds. The zero-order valence-electron chi connectivity index (χ0n) is 14.2. The second-order valence-corrected chi connectivity index (χ2v) is 7.65. The molecule has 5 rings (SSSR count). The van der Waals surface area contributed by atoms with Crippen molar-refractivity contribution in [3.8, 4) is 0 Å². The molecule has 0 aromatic heterocycles. The molecule has 126 valence electrons. The summed E-state index contributed by atoms with van der Waals surface area (Å²) in [5.74, 6) is 6.38. The van der Waals surface area contributed by atoms with Gasteiger partial charge < -0.3 is 11.5 Å². The highest BCUT2D eigenvalue weighted by Gasteiger charge is 2.44. The zero-order chi connectivity index (χ0) is 16.2. The average molecular weight is 313 g/mol. The van der Waals surface area contributed by atoms with Gasteiger partial charge in [0.25, 0.3) is 0 Å². The van der Waals surface area contributed by atoms with E-state index in [1.165, 1.54) is 25.7 Å². The van der Waals surface area contributed by atoms with E-state index in [0.29, 0.717) is 6.54 Å². The fourth-order valence-electron chi connectivity index (χ4n) is 5.14. The van der Waals surface area contributed by atoms with Gasteiger partial charge in [0.15, 0.2) is 0 Å². The normalized spacial score (nSPS) is 43.0. The molecule has 2 fully saturated rings. The Labute approximate surface area is 141 Å². The molecule has 0 aliphatic heterocycles. The molecule has 0 saturated heterocycles. The Morgan fingerprint density at radius 2 is 1.65 bits per heavy atom. The van der Waals surface area contributed by atoms with Crippen LogP contribution in [0, 0.1) is 41.4 Å². The summed E-state index contributed by atoms with van der Waals surface area (Å²) in [6.45, 7) is 4.83. The lowest BCUT2D eigenvalue weighted by Crippen LogP contribution is -2.17. The van der Waals surface area contributed by atoms with Crippen LogP contribution in [-0.2, 0) is 0 Å². The molecular weight excluding hydrogens is 280 g/mol. The lowest BCUT2D eigenvalue weighted by molar-refractivity contribution is 0.398. The van der Waals surface area contributed by atoms with E-state index in [1.54, 1.807) is 6.08 Å². The van der Waals surface area contributed by atoms with E-state index >= 15 is 0 Å². The topological polar surface area (TPSA) is 52.0 Å². The van der Waals surface area contributed by atoms with Crippen molar-refractivity contribution in [3.63, 3.8) is 0 Å². The van der Waals surface area contributed by atoms with Crippen LogP contribution < -0.4 is 11.5 Å². The van der Waals surface area contributed by atoms with Crippen LogP contribution in [0.2, 0.25) is 0 Å². The molecule has 7 unspecified atom stereocenters. The smallest absolute Gasteiger partial charge is 0.0104 e. The van der Waals surface area contributed by atoms with E-state index in [-0.39, 0.29) is 0 Å². The quantitative estimate of drug-likeness (QED) is 0.764. The second-order valence-electron chi connectivity index (χ2n) is 7.65. The van der Waals surface area contributed by atoms with E-state index in [2.05, 4.69) is 43.0 Å². The van der Waals surface area contributed by atoms with Gasteiger partial charge in [-0.1, -0.05) is 42.5 Å². The van der Waals surface area contributed by atoms with Crippen LogP contribution in [0.5, 0.6) is 0 Å². The summed E-state index contributed by atoms with van der Waals surface area (Å²) in [6, 6.07) is 0. The van der Waals surface area contributed by atoms with E-state index in [9.17, 15) is 0 Å². The van der Waals surface area contributed by atoms with Crippen molar-refractivity contribution in [2.45, 2.75) is 25.7 Å². The summed E-state index contributed by atoms with van der Waals surface area (Å²) in [7, 11) is 0. The molecule has 7 atom stereocenters. The first-order valence-electron chi connectivity index (χ1n) is 9.31. The molecule has 0 radical (unpaired) electrons. The third-order valence-electron chi connectivity index (χ3n) is 6.34. The highest BCUT2D eigenvalue weighted by Crippen LogP contribution is 2.52. The van der Waals surface area contributed by atoms with E-state index < -0.39 is 0 Å². The van der Waals surface area contributed by atoms with Gasteiger partial charge in [-0.3, -0.25) is 0 Å². The first-order valence-corrected chi connectivity index (χ1v) is 9.31. The van der Waals surface area contributed by atoms with Crippen molar-refractivity contribution >= 4 is 0 Å². The van der Waals surface area contributed by atoms with Crippen LogP contribution in [0.1, 0.15) is 25.7 Å². The summed E-state index contributed by atoms with van der Waals surface area (Å²) in [6.07, 6.45) is 21.6. The summed E-state index contributed by atoms with van der Waals surface area (Å²) in [4.78, 5) is 0. The number of nitrogens with two attached hydrogens (primary N) is 2. The van der Waals surface area contributed by atoms with Gasteiger partial charge in [-0.05, 0) is 73.7 Å². The molecule has 2 nitrogen and oxygen atoms in total. The number of hydrogen-bond acceptors (Lipinski definition) is 2. The molecule has 4 bridgehead atoms. The minimum Gasteiger partial charge on any atom is -0.330 e. The van der Waals surface area contributed by atoms with Crippen LogP contribution >= 0.6 is 0 Å². The van der Waals surface area contributed by atoms with Crippen LogP contribution in [0.3, 0.4) is 0 Å². The molecular formula is C21H32N2. The molecule has 5 aliphatic carbocycles. The Bertz CT molecular complexity index is 490. The largest absolute Gasteiger partial charge is 0.330 e. The second kappa shape index (κ2) is 7.63. The first kappa shape index (κ1) is 16.7. The third-order valence-corrected chi connectivity index (χ3v) is 6.34. The van der Waals surface area contributed by atoms with Crippen LogP contribution in [0.25, 0.3) is 0 Å². The van der Waals surface area contributed by atoms with Crippen molar-refractivity contribution in [2.75, 3.05) is 13.1 Å². The lowest BCUT2D eigenvalue weighted by Gasteiger charge is -2.18. The highest BCUT2D eigenvalue weighted by molar-refractivity contribution is 5.21. The number of fused-ring (bicyclic) bond motifs is 7. The molecule has 0 aromatic carbocycles. The summed E-state index contributed by atoms with van der Waals surface area (Å²) >= 11 is 0. The Kier molecular flexibility index (Phi) is 5.55. The van der Waals surface area contributed by atoms with Crippen LogP contribution in [0.15, 0.2) is 49.1 Å². The van der Waals surface area contributed by atoms with E-state index in [1.807, 2.05) is 0 Å². The maximum atomic E-state index is 5.59. The minimum atomic E-state index is 0.583. The Hall–Kier alpha value is -1.12. The van der Waals surface area contributed by atoms with Gasteiger partial charge in [0.1, 0.15) is 0 Å². The maximum Gasteiger partial charge on any atom is 0.0104 e. The fraction of sp³-hybridized carbons (Fsp3) is 0.619. The van der Waals surface area contributed by atoms with Gasteiger partial charge >= 0.3 is 0 Å². The summed E-state index contributed by atoms with van der Waals surface area (Å²) in [5, 5.41) is 0. The van der Waals surface area contributed by atoms with Crippen molar-refractivity contribution in [1.82, 2.24) is 0 Å². The van der Waals surface area contributed by atoms with Gasteiger partial charge in [-0.25, -0.2) is 0 Å². The lowest BCUT2D eigenvalue weighted by atomic mass is 9.86. The molecule has 2 saturated carbocycles. The van der Waals surface area contributed by atoms with Crippen molar-refractivity contribution in [1.29, 1.82) is 0 Å². The zero-order valence-corrected chi connectivity index (χ0v) is 14.2. The molecule has 0 spiro atoms. The Balaban J connectivity index is 0.000000112. The highest BCUT2D eigenvalue weighted by atomic mass is 14.6. The molecule has 4 N–H and O–H groups in total. The van der Waals surface area contributed by atoms with Crippen molar-refractivity contribution in [3.05, 3.63) is 49.1 Å². The van der Waals surface area contributed by atoms with Crippen LogP contribution in [-0.4, -0.2) is 13.1 Å². The maximum absolute atomic E-state index is 5.59. The molecule has 0 aromatic rings. The van der Waals surface area contributed by atoms with Crippen LogP contribution in [0.4, 0.5) is 0 Å². The Morgan fingerprint density at radius 1 is 0.913 bits per heavy atom. The summed E-state index contributed by atoms with van der Waals surface area (Å²) < 4.78 is 0. The van der Waals surface area contributed by atoms with Crippen molar-refractivity contribution < 1.29 is 0 Å². The molecule has 0 heterocycles.